The highest BCUT2D eigenvalue weighted by Gasteiger charge is 2.30. The molecule has 1 aliphatic heterocycles. The topological polar surface area (TPSA) is 121 Å². The SMILES string of the molecule is C[C@@H]1CN([C@@H](C)CO)C(=O)c2cc(N(C)C)ccc2O[C@@H](C)CCCCO[C@H]1CN(C)Cc1ccc(C(=O)Nc2ccccc2N)cc1. The molecular weight excluding hydrogens is 606 g/mol. The fraction of sp³-hybridized carbons (Fsp3) is 0.474. The van der Waals surface area contributed by atoms with Crippen LogP contribution >= 0.6 is 0 Å². The third kappa shape index (κ3) is 9.95. The summed E-state index contributed by atoms with van der Waals surface area (Å²) < 4.78 is 12.8. The van der Waals surface area contributed by atoms with Gasteiger partial charge in [-0.1, -0.05) is 31.2 Å². The van der Waals surface area contributed by atoms with E-state index < -0.39 is 6.04 Å². The largest absolute Gasteiger partial charge is 0.490 e. The van der Waals surface area contributed by atoms with Gasteiger partial charge in [0.1, 0.15) is 5.75 Å². The molecule has 0 bridgehead atoms. The van der Waals surface area contributed by atoms with E-state index in [-0.39, 0.29) is 36.5 Å². The highest BCUT2D eigenvalue weighted by atomic mass is 16.5. The van der Waals surface area contributed by atoms with E-state index in [0.29, 0.717) is 54.5 Å². The van der Waals surface area contributed by atoms with Crippen molar-refractivity contribution in [2.24, 2.45) is 5.92 Å². The smallest absolute Gasteiger partial charge is 0.258 e. The van der Waals surface area contributed by atoms with Crippen LogP contribution in [-0.4, -0.2) is 92.4 Å². The van der Waals surface area contributed by atoms with Crippen LogP contribution in [0, 0.1) is 5.92 Å². The molecule has 4 N–H and O–H groups in total. The summed E-state index contributed by atoms with van der Waals surface area (Å²) in [5, 5.41) is 13.1. The number of anilines is 3. The fourth-order valence-electron chi connectivity index (χ4n) is 5.90. The van der Waals surface area contributed by atoms with Gasteiger partial charge in [0.15, 0.2) is 0 Å². The third-order valence-electron chi connectivity index (χ3n) is 8.92. The Hall–Kier alpha value is -4.12. The molecule has 0 radical (unpaired) electrons. The number of fused-ring (bicyclic) bond motifs is 1. The molecule has 48 heavy (non-hydrogen) atoms. The molecule has 2 amide bonds. The van der Waals surface area contributed by atoms with Gasteiger partial charge < -0.3 is 35.4 Å². The van der Waals surface area contributed by atoms with E-state index in [4.69, 9.17) is 15.2 Å². The molecular formula is C38H53N5O5. The van der Waals surface area contributed by atoms with E-state index in [2.05, 4.69) is 24.2 Å². The number of nitrogens with one attached hydrogen (secondary N) is 1. The van der Waals surface area contributed by atoms with E-state index in [1.165, 1.54) is 0 Å². The zero-order valence-corrected chi connectivity index (χ0v) is 29.3. The molecule has 0 saturated heterocycles. The van der Waals surface area contributed by atoms with Crippen LogP contribution in [0.2, 0.25) is 0 Å². The second kappa shape index (κ2) is 17.3. The number of likely N-dealkylation sites (N-methyl/N-ethyl adjacent to an activating group) is 1. The van der Waals surface area contributed by atoms with Crippen LogP contribution in [0.4, 0.5) is 17.1 Å². The van der Waals surface area contributed by atoms with Crippen molar-refractivity contribution in [1.29, 1.82) is 0 Å². The highest BCUT2D eigenvalue weighted by molar-refractivity contribution is 6.05. The van der Waals surface area contributed by atoms with E-state index in [1.807, 2.05) is 87.4 Å². The first kappa shape index (κ1) is 36.7. The predicted molar refractivity (Wildman–Crippen MR) is 193 cm³/mol. The van der Waals surface area contributed by atoms with Crippen LogP contribution in [0.3, 0.4) is 0 Å². The maximum atomic E-state index is 14.2. The molecule has 10 nitrogen and oxygen atoms in total. The first-order valence-corrected chi connectivity index (χ1v) is 16.9. The van der Waals surface area contributed by atoms with Crippen molar-refractivity contribution in [2.45, 2.75) is 64.8 Å². The average molecular weight is 660 g/mol. The number of hydrogen-bond acceptors (Lipinski definition) is 8. The molecule has 0 fully saturated rings. The number of nitrogens with zero attached hydrogens (tertiary/aromatic N) is 3. The van der Waals surface area contributed by atoms with Crippen molar-refractivity contribution in [2.75, 3.05) is 63.4 Å². The summed E-state index contributed by atoms with van der Waals surface area (Å²) in [6.45, 7) is 8.18. The zero-order chi connectivity index (χ0) is 34.8. The number of para-hydroxylation sites is 2. The normalized spacial score (nSPS) is 20.0. The number of benzene rings is 3. The molecule has 0 aliphatic carbocycles. The van der Waals surface area contributed by atoms with Gasteiger partial charge in [0.25, 0.3) is 11.8 Å². The quantitative estimate of drug-likeness (QED) is 0.257. The van der Waals surface area contributed by atoms with Crippen LogP contribution in [0.5, 0.6) is 5.75 Å². The van der Waals surface area contributed by atoms with Gasteiger partial charge in [0, 0.05) is 57.5 Å². The lowest BCUT2D eigenvalue weighted by Crippen LogP contribution is -2.47. The van der Waals surface area contributed by atoms with Crippen molar-refractivity contribution in [1.82, 2.24) is 9.80 Å². The lowest BCUT2D eigenvalue weighted by atomic mass is 10.0. The summed E-state index contributed by atoms with van der Waals surface area (Å²) in [6, 6.07) is 20.1. The van der Waals surface area contributed by atoms with Crippen LogP contribution in [-0.2, 0) is 11.3 Å². The number of hydrogen-bond donors (Lipinski definition) is 3. The number of aliphatic hydroxyl groups is 1. The molecule has 4 atom stereocenters. The van der Waals surface area contributed by atoms with Gasteiger partial charge in [-0.3, -0.25) is 14.5 Å². The number of nitrogen functional groups attached to an aromatic ring is 1. The van der Waals surface area contributed by atoms with Crippen molar-refractivity contribution in [3.63, 3.8) is 0 Å². The number of amides is 2. The molecule has 1 aliphatic rings. The maximum Gasteiger partial charge on any atom is 0.258 e. The first-order chi connectivity index (χ1) is 23.0. The molecule has 3 aromatic rings. The molecule has 3 aromatic carbocycles. The molecule has 0 unspecified atom stereocenters. The number of rotatable bonds is 9. The second-order valence-corrected chi connectivity index (χ2v) is 13.3. The summed E-state index contributed by atoms with van der Waals surface area (Å²) in [4.78, 5) is 33.0. The van der Waals surface area contributed by atoms with Crippen molar-refractivity contribution >= 4 is 28.9 Å². The summed E-state index contributed by atoms with van der Waals surface area (Å²) in [7, 11) is 5.94. The number of carbonyl (C=O) groups excluding carboxylic acids is 2. The van der Waals surface area contributed by atoms with Gasteiger partial charge in [-0.25, -0.2) is 0 Å². The van der Waals surface area contributed by atoms with Gasteiger partial charge in [0.2, 0.25) is 0 Å². The molecule has 0 spiro atoms. The number of ether oxygens (including phenoxy) is 2. The molecule has 0 saturated carbocycles. The lowest BCUT2D eigenvalue weighted by molar-refractivity contribution is -0.0177. The van der Waals surface area contributed by atoms with Gasteiger partial charge in [-0.2, -0.15) is 0 Å². The van der Waals surface area contributed by atoms with Gasteiger partial charge >= 0.3 is 0 Å². The Morgan fingerprint density at radius 3 is 2.48 bits per heavy atom. The van der Waals surface area contributed by atoms with Crippen LogP contribution in [0.15, 0.2) is 66.7 Å². The summed E-state index contributed by atoms with van der Waals surface area (Å²) >= 11 is 0. The Bertz CT molecular complexity index is 1500. The van der Waals surface area contributed by atoms with Crippen molar-refractivity contribution < 1.29 is 24.2 Å². The molecule has 1 heterocycles. The Balaban J connectivity index is 1.49. The minimum absolute atomic E-state index is 0.0230. The van der Waals surface area contributed by atoms with E-state index in [1.54, 1.807) is 17.0 Å². The van der Waals surface area contributed by atoms with Gasteiger partial charge in [0.05, 0.1) is 41.8 Å². The standard InChI is InChI=1S/C38H53N5O5/c1-26-22-43(27(2)25-44)38(46)32-21-31(41(4)5)18-19-35(32)48-28(3)11-9-10-20-47-36(26)24-42(6)23-29-14-16-30(17-15-29)37(45)40-34-13-8-7-12-33(34)39/h7-8,12-19,21,26-28,36,44H,9-11,20,22-25,39H2,1-6H3,(H,40,45)/t26-,27+,28+,36+/m1/s1. The minimum Gasteiger partial charge on any atom is -0.490 e. The molecule has 10 heteroatoms. The minimum atomic E-state index is -0.395. The van der Waals surface area contributed by atoms with Crippen LogP contribution in [0.1, 0.15) is 66.3 Å². The maximum absolute atomic E-state index is 14.2. The molecule has 4 rings (SSSR count). The monoisotopic (exact) mass is 659 g/mol. The summed E-state index contributed by atoms with van der Waals surface area (Å²) in [5.41, 5.74) is 10.1. The van der Waals surface area contributed by atoms with Crippen LogP contribution < -0.4 is 20.7 Å². The molecule has 0 aromatic heterocycles. The van der Waals surface area contributed by atoms with E-state index >= 15 is 0 Å². The second-order valence-electron chi connectivity index (χ2n) is 13.3. The van der Waals surface area contributed by atoms with E-state index in [0.717, 1.165) is 30.5 Å². The number of aliphatic hydroxyl groups excluding tert-OH is 1. The van der Waals surface area contributed by atoms with Gasteiger partial charge in [-0.05, 0) is 88.2 Å². The Labute approximate surface area is 285 Å². The lowest BCUT2D eigenvalue weighted by Gasteiger charge is -2.36. The van der Waals surface area contributed by atoms with Crippen LogP contribution in [0.25, 0.3) is 0 Å². The first-order valence-electron chi connectivity index (χ1n) is 16.9. The Morgan fingerprint density at radius 1 is 1.06 bits per heavy atom. The van der Waals surface area contributed by atoms with Crippen molar-refractivity contribution in [3.05, 3.63) is 83.4 Å². The van der Waals surface area contributed by atoms with Crippen molar-refractivity contribution in [3.8, 4) is 5.75 Å². The predicted octanol–water partition coefficient (Wildman–Crippen LogP) is 5.51. The average Bonchev–Trinajstić information content (AvgIpc) is 3.06. The zero-order valence-electron chi connectivity index (χ0n) is 29.3. The number of carbonyl (C=O) groups is 2. The van der Waals surface area contributed by atoms with E-state index in [9.17, 15) is 14.7 Å². The fourth-order valence-corrected chi connectivity index (χ4v) is 5.90. The molecule has 260 valence electrons. The number of nitrogens with two attached hydrogens (primary N) is 1. The summed E-state index contributed by atoms with van der Waals surface area (Å²) in [6.07, 6.45) is 2.48. The summed E-state index contributed by atoms with van der Waals surface area (Å²) in [5.74, 6) is 0.161. The third-order valence-corrected chi connectivity index (χ3v) is 8.92. The van der Waals surface area contributed by atoms with Gasteiger partial charge in [-0.15, -0.1) is 0 Å². The highest BCUT2D eigenvalue weighted by Crippen LogP contribution is 2.29. The Kier molecular flexibility index (Phi) is 13.3. The Morgan fingerprint density at radius 2 is 1.79 bits per heavy atom.